The average molecular weight is 440 g/mol. The summed E-state index contributed by atoms with van der Waals surface area (Å²) in [6.45, 7) is 2.48. The number of fused-ring (bicyclic) bond motifs is 1. The van der Waals surface area contributed by atoms with E-state index in [0.29, 0.717) is 16.8 Å². The highest BCUT2D eigenvalue weighted by Gasteiger charge is 2.27. The van der Waals surface area contributed by atoms with Crippen molar-refractivity contribution in [3.05, 3.63) is 68.2 Å². The van der Waals surface area contributed by atoms with Crippen molar-refractivity contribution in [2.75, 3.05) is 0 Å². The number of aromatic nitrogens is 2. The fourth-order valence-corrected chi connectivity index (χ4v) is 5.26. The van der Waals surface area contributed by atoms with Crippen LogP contribution in [-0.2, 0) is 17.8 Å². The zero-order chi connectivity index (χ0) is 21.8. The van der Waals surface area contributed by atoms with E-state index >= 15 is 0 Å². The van der Waals surface area contributed by atoms with Crippen molar-refractivity contribution in [3.8, 4) is 0 Å². The third kappa shape index (κ3) is 5.15. The van der Waals surface area contributed by atoms with E-state index in [-0.39, 0.29) is 35.0 Å². The van der Waals surface area contributed by atoms with Crippen molar-refractivity contribution in [2.45, 2.75) is 58.0 Å². The van der Waals surface area contributed by atoms with Gasteiger partial charge in [-0.3, -0.25) is 14.2 Å². The summed E-state index contributed by atoms with van der Waals surface area (Å²) in [6.07, 6.45) is 5.18. The minimum Gasteiger partial charge on any atom is -0.353 e. The highest BCUT2D eigenvalue weighted by Crippen LogP contribution is 2.30. The molecular weight excluding hydrogens is 410 g/mol. The molecule has 2 N–H and O–H groups in total. The smallest absolute Gasteiger partial charge is 0.328 e. The minimum atomic E-state index is -0.344. The fourth-order valence-electron chi connectivity index (χ4n) is 4.46. The number of hydrogen-bond donors (Lipinski definition) is 2. The van der Waals surface area contributed by atoms with Gasteiger partial charge in [0.2, 0.25) is 5.91 Å². The van der Waals surface area contributed by atoms with Crippen LogP contribution in [0.15, 0.2) is 51.4 Å². The molecule has 2 heterocycles. The first-order chi connectivity index (χ1) is 15.0. The molecule has 3 aromatic rings. The van der Waals surface area contributed by atoms with Crippen LogP contribution in [0.1, 0.15) is 44.6 Å². The Bertz CT molecular complexity index is 1140. The van der Waals surface area contributed by atoms with Crippen LogP contribution in [0, 0.1) is 11.8 Å². The number of nitrogens with one attached hydrogen (secondary N) is 2. The van der Waals surface area contributed by atoms with E-state index in [1.54, 1.807) is 6.07 Å². The van der Waals surface area contributed by atoms with Crippen LogP contribution in [0.5, 0.6) is 0 Å². The van der Waals surface area contributed by atoms with Crippen LogP contribution >= 0.6 is 11.3 Å². The van der Waals surface area contributed by atoms with Gasteiger partial charge in [-0.1, -0.05) is 30.3 Å². The number of rotatable bonds is 7. The zero-order valence-corrected chi connectivity index (χ0v) is 18.6. The summed E-state index contributed by atoms with van der Waals surface area (Å²) in [5.41, 5.74) is 1.34. The van der Waals surface area contributed by atoms with Crippen LogP contribution in [0.25, 0.3) is 10.2 Å². The van der Waals surface area contributed by atoms with Crippen LogP contribution < -0.4 is 16.6 Å². The van der Waals surface area contributed by atoms with Crippen molar-refractivity contribution < 1.29 is 4.79 Å². The molecule has 0 aliphatic heterocycles. The summed E-state index contributed by atoms with van der Waals surface area (Å²) in [5.74, 6) is 0.398. The summed E-state index contributed by atoms with van der Waals surface area (Å²) in [5, 5.41) is 4.99. The molecule has 1 atom stereocenters. The van der Waals surface area contributed by atoms with E-state index < -0.39 is 0 Å². The highest BCUT2D eigenvalue weighted by molar-refractivity contribution is 7.17. The van der Waals surface area contributed by atoms with Gasteiger partial charge in [-0.2, -0.15) is 0 Å². The molecule has 31 heavy (non-hydrogen) atoms. The molecule has 0 spiro atoms. The molecule has 1 aliphatic carbocycles. The van der Waals surface area contributed by atoms with Crippen LogP contribution in [0.2, 0.25) is 0 Å². The van der Waals surface area contributed by atoms with E-state index in [4.69, 9.17) is 0 Å². The van der Waals surface area contributed by atoms with Gasteiger partial charge < -0.3 is 10.3 Å². The predicted molar refractivity (Wildman–Crippen MR) is 125 cm³/mol. The SMILES string of the molecule is CC(CCc1ccccc1)NC(=O)C1CCC(Cn2c(=O)[nH]c3ccsc3c2=O)CC1. The van der Waals surface area contributed by atoms with Gasteiger partial charge in [-0.05, 0) is 68.4 Å². The Morgan fingerprint density at radius 2 is 1.90 bits per heavy atom. The molecule has 7 heteroatoms. The predicted octanol–water partition coefficient (Wildman–Crippen LogP) is 3.70. The number of carbonyl (C=O) groups is 1. The van der Waals surface area contributed by atoms with Crippen LogP contribution in [0.4, 0.5) is 0 Å². The van der Waals surface area contributed by atoms with Crippen LogP contribution in [0.3, 0.4) is 0 Å². The standard InChI is InChI=1S/C24H29N3O3S/c1-16(7-8-17-5-3-2-4-6-17)25-22(28)19-11-9-18(10-12-19)15-27-23(29)21-20(13-14-31-21)26-24(27)30/h2-6,13-14,16,18-19H,7-12,15H2,1H3,(H,25,28)(H,26,30). The first-order valence-corrected chi connectivity index (χ1v) is 11.9. The number of H-pyrrole nitrogens is 1. The third-order valence-electron chi connectivity index (χ3n) is 6.35. The lowest BCUT2D eigenvalue weighted by molar-refractivity contribution is -0.126. The number of amides is 1. The maximum Gasteiger partial charge on any atom is 0.328 e. The van der Waals surface area contributed by atoms with E-state index in [0.717, 1.165) is 38.5 Å². The van der Waals surface area contributed by atoms with E-state index in [1.807, 2.05) is 23.6 Å². The molecule has 1 fully saturated rings. The molecule has 0 radical (unpaired) electrons. The molecule has 1 aliphatic rings. The summed E-state index contributed by atoms with van der Waals surface area (Å²) in [4.78, 5) is 40.4. The number of carbonyl (C=O) groups excluding carboxylic acids is 1. The Morgan fingerprint density at radius 3 is 2.65 bits per heavy atom. The molecule has 1 amide bonds. The third-order valence-corrected chi connectivity index (χ3v) is 7.25. The molecule has 164 valence electrons. The average Bonchev–Trinajstić information content (AvgIpc) is 3.25. The van der Waals surface area contributed by atoms with Gasteiger partial charge in [0.25, 0.3) is 5.56 Å². The topological polar surface area (TPSA) is 84.0 Å². The van der Waals surface area contributed by atoms with Gasteiger partial charge in [0.05, 0.1) is 5.52 Å². The van der Waals surface area contributed by atoms with E-state index in [9.17, 15) is 14.4 Å². The zero-order valence-electron chi connectivity index (χ0n) is 17.8. The number of thiophene rings is 1. The number of hydrogen-bond acceptors (Lipinski definition) is 4. The lowest BCUT2D eigenvalue weighted by atomic mass is 9.81. The molecule has 4 rings (SSSR count). The first kappa shape index (κ1) is 21.6. The summed E-state index contributed by atoms with van der Waals surface area (Å²) >= 11 is 1.35. The molecule has 1 saturated carbocycles. The van der Waals surface area contributed by atoms with Crippen molar-refractivity contribution in [3.63, 3.8) is 0 Å². The molecule has 0 bridgehead atoms. The van der Waals surface area contributed by atoms with Gasteiger partial charge in [-0.25, -0.2) is 4.79 Å². The normalized spacial score (nSPS) is 19.9. The van der Waals surface area contributed by atoms with Gasteiger partial charge >= 0.3 is 5.69 Å². The number of nitrogens with zero attached hydrogens (tertiary/aromatic N) is 1. The first-order valence-electron chi connectivity index (χ1n) is 11.1. The Balaban J connectivity index is 1.27. The molecule has 2 aromatic heterocycles. The van der Waals surface area contributed by atoms with Gasteiger partial charge in [0.15, 0.2) is 0 Å². The maximum absolute atomic E-state index is 12.7. The molecule has 1 aromatic carbocycles. The van der Waals surface area contributed by atoms with Crippen molar-refractivity contribution >= 4 is 27.5 Å². The van der Waals surface area contributed by atoms with Crippen molar-refractivity contribution in [1.29, 1.82) is 0 Å². The lowest BCUT2D eigenvalue weighted by Gasteiger charge is -2.29. The second-order valence-corrected chi connectivity index (χ2v) is 9.58. The fraction of sp³-hybridized carbons (Fsp3) is 0.458. The molecule has 6 nitrogen and oxygen atoms in total. The number of benzene rings is 1. The molecule has 1 unspecified atom stereocenters. The highest BCUT2D eigenvalue weighted by atomic mass is 32.1. The quantitative estimate of drug-likeness (QED) is 0.589. The van der Waals surface area contributed by atoms with E-state index in [1.165, 1.54) is 21.5 Å². The molecule has 0 saturated heterocycles. The Hall–Kier alpha value is -2.67. The summed E-state index contributed by atoms with van der Waals surface area (Å²) in [6, 6.07) is 12.2. The summed E-state index contributed by atoms with van der Waals surface area (Å²) in [7, 11) is 0. The maximum atomic E-state index is 12.7. The summed E-state index contributed by atoms with van der Waals surface area (Å²) < 4.78 is 1.92. The Labute approximate surface area is 185 Å². The Kier molecular flexibility index (Phi) is 6.70. The molecular formula is C24H29N3O3S. The van der Waals surface area contributed by atoms with Crippen molar-refractivity contribution in [1.82, 2.24) is 14.9 Å². The van der Waals surface area contributed by atoms with E-state index in [2.05, 4.69) is 29.4 Å². The Morgan fingerprint density at radius 1 is 1.16 bits per heavy atom. The number of aromatic amines is 1. The number of aryl methyl sites for hydroxylation is 1. The van der Waals surface area contributed by atoms with Gasteiger partial charge in [0.1, 0.15) is 4.70 Å². The second-order valence-electron chi connectivity index (χ2n) is 8.66. The van der Waals surface area contributed by atoms with Gasteiger partial charge in [0, 0.05) is 18.5 Å². The lowest BCUT2D eigenvalue weighted by Crippen LogP contribution is -2.40. The monoisotopic (exact) mass is 439 g/mol. The minimum absolute atomic E-state index is 0.0187. The largest absolute Gasteiger partial charge is 0.353 e. The van der Waals surface area contributed by atoms with Crippen molar-refractivity contribution in [2.24, 2.45) is 11.8 Å². The van der Waals surface area contributed by atoms with Crippen LogP contribution in [-0.4, -0.2) is 21.5 Å². The second kappa shape index (κ2) is 9.64. The van der Waals surface area contributed by atoms with Gasteiger partial charge in [-0.15, -0.1) is 11.3 Å².